The lowest BCUT2D eigenvalue weighted by Crippen LogP contribution is -2.23. The van der Waals surface area contributed by atoms with E-state index >= 15 is 0 Å². The number of fused-ring (bicyclic) bond motifs is 1. The molecule has 0 saturated heterocycles. The minimum absolute atomic E-state index is 0.0753. The summed E-state index contributed by atoms with van der Waals surface area (Å²) in [5, 5.41) is 5.69. The van der Waals surface area contributed by atoms with Gasteiger partial charge in [0.25, 0.3) is 0 Å². The van der Waals surface area contributed by atoms with Gasteiger partial charge in [-0.05, 0) is 43.3 Å². The van der Waals surface area contributed by atoms with Crippen LogP contribution < -0.4 is 10.5 Å². The number of halogens is 2. The highest BCUT2D eigenvalue weighted by Gasteiger charge is 2.11. The Kier molecular flexibility index (Phi) is 4.00. The van der Waals surface area contributed by atoms with Crippen LogP contribution in [0.4, 0.5) is 4.39 Å². The maximum atomic E-state index is 13.0. The SMILES string of the molecule is C[C@H](N)COc1cc2cnn(-c3ccc(F)cc3)c2cc1Cl. The van der Waals surface area contributed by atoms with Crippen molar-refractivity contribution in [3.63, 3.8) is 0 Å². The summed E-state index contributed by atoms with van der Waals surface area (Å²) in [5.74, 6) is 0.287. The summed E-state index contributed by atoms with van der Waals surface area (Å²) >= 11 is 6.26. The van der Waals surface area contributed by atoms with E-state index in [-0.39, 0.29) is 11.9 Å². The number of rotatable bonds is 4. The van der Waals surface area contributed by atoms with Crippen molar-refractivity contribution in [3.8, 4) is 11.4 Å². The molecule has 1 heterocycles. The molecule has 0 saturated carbocycles. The van der Waals surface area contributed by atoms with Crippen LogP contribution in [0.3, 0.4) is 0 Å². The summed E-state index contributed by atoms with van der Waals surface area (Å²) in [4.78, 5) is 0. The monoisotopic (exact) mass is 319 g/mol. The molecule has 2 aromatic carbocycles. The van der Waals surface area contributed by atoms with Gasteiger partial charge in [-0.1, -0.05) is 11.6 Å². The molecule has 0 spiro atoms. The van der Waals surface area contributed by atoms with E-state index in [4.69, 9.17) is 22.1 Å². The van der Waals surface area contributed by atoms with Gasteiger partial charge in [-0.2, -0.15) is 5.10 Å². The van der Waals surface area contributed by atoms with Crippen LogP contribution in [-0.2, 0) is 0 Å². The van der Waals surface area contributed by atoms with Crippen molar-refractivity contribution < 1.29 is 9.13 Å². The first-order valence-electron chi connectivity index (χ1n) is 6.86. The van der Waals surface area contributed by atoms with Crippen LogP contribution in [0.15, 0.2) is 42.6 Å². The third kappa shape index (κ3) is 2.91. The zero-order chi connectivity index (χ0) is 15.7. The molecule has 2 N–H and O–H groups in total. The van der Waals surface area contributed by atoms with Gasteiger partial charge in [-0.3, -0.25) is 0 Å². The molecular weight excluding hydrogens is 305 g/mol. The number of benzene rings is 2. The summed E-state index contributed by atoms with van der Waals surface area (Å²) in [7, 11) is 0. The van der Waals surface area contributed by atoms with Crippen LogP contribution in [0.2, 0.25) is 5.02 Å². The largest absolute Gasteiger partial charge is 0.490 e. The van der Waals surface area contributed by atoms with Gasteiger partial charge in [0, 0.05) is 11.4 Å². The molecule has 0 fully saturated rings. The quantitative estimate of drug-likeness (QED) is 0.800. The van der Waals surface area contributed by atoms with E-state index in [2.05, 4.69) is 5.10 Å². The first-order valence-corrected chi connectivity index (χ1v) is 7.24. The molecule has 3 rings (SSSR count). The molecule has 114 valence electrons. The minimum Gasteiger partial charge on any atom is -0.490 e. The summed E-state index contributed by atoms with van der Waals surface area (Å²) in [6, 6.07) is 9.65. The summed E-state index contributed by atoms with van der Waals surface area (Å²) in [5.41, 5.74) is 7.26. The molecule has 0 unspecified atom stereocenters. The number of ether oxygens (including phenoxy) is 1. The molecule has 0 amide bonds. The molecule has 0 bridgehead atoms. The highest BCUT2D eigenvalue weighted by molar-refractivity contribution is 6.32. The highest BCUT2D eigenvalue weighted by atomic mass is 35.5. The molecule has 3 aromatic rings. The Morgan fingerprint density at radius 1 is 1.32 bits per heavy atom. The fraction of sp³-hybridized carbons (Fsp3) is 0.188. The van der Waals surface area contributed by atoms with Crippen LogP contribution in [0.5, 0.6) is 5.75 Å². The molecule has 0 aliphatic carbocycles. The fourth-order valence-electron chi connectivity index (χ4n) is 2.15. The standard InChI is InChI=1S/C16H15ClFN3O/c1-10(19)9-22-16-6-11-8-20-21(15(11)7-14(16)17)13-4-2-12(18)3-5-13/h2-8,10H,9,19H2,1H3/t10-/m0/s1. The number of aromatic nitrogens is 2. The molecule has 4 nitrogen and oxygen atoms in total. The van der Waals surface area contributed by atoms with Gasteiger partial charge >= 0.3 is 0 Å². The third-order valence-corrected chi connectivity index (χ3v) is 3.49. The normalized spacial score (nSPS) is 12.5. The number of hydrogen-bond acceptors (Lipinski definition) is 3. The summed E-state index contributed by atoms with van der Waals surface area (Å²) in [6.07, 6.45) is 1.72. The van der Waals surface area contributed by atoms with E-state index in [9.17, 15) is 4.39 Å². The van der Waals surface area contributed by atoms with E-state index in [0.717, 1.165) is 16.6 Å². The van der Waals surface area contributed by atoms with Crippen molar-refractivity contribution in [2.24, 2.45) is 5.73 Å². The Labute approximate surface area is 132 Å². The van der Waals surface area contributed by atoms with E-state index in [0.29, 0.717) is 17.4 Å². The predicted molar refractivity (Wildman–Crippen MR) is 85.2 cm³/mol. The van der Waals surface area contributed by atoms with Crippen LogP contribution in [0.25, 0.3) is 16.6 Å². The van der Waals surface area contributed by atoms with Crippen molar-refractivity contribution in [1.29, 1.82) is 0 Å². The molecule has 0 aliphatic heterocycles. The Balaban J connectivity index is 2.01. The van der Waals surface area contributed by atoms with Crippen LogP contribution in [0.1, 0.15) is 6.92 Å². The van der Waals surface area contributed by atoms with E-state index < -0.39 is 0 Å². The average Bonchev–Trinajstić information content (AvgIpc) is 2.88. The van der Waals surface area contributed by atoms with Crippen LogP contribution in [-0.4, -0.2) is 22.4 Å². The molecular formula is C16H15ClFN3O. The van der Waals surface area contributed by atoms with Crippen molar-refractivity contribution in [3.05, 3.63) is 53.4 Å². The Morgan fingerprint density at radius 2 is 2.05 bits per heavy atom. The average molecular weight is 320 g/mol. The second-order valence-electron chi connectivity index (χ2n) is 5.16. The smallest absolute Gasteiger partial charge is 0.138 e. The number of nitrogens with two attached hydrogens (primary N) is 1. The third-order valence-electron chi connectivity index (χ3n) is 3.19. The van der Waals surface area contributed by atoms with Gasteiger partial charge in [0.05, 0.1) is 22.4 Å². The molecule has 1 aromatic heterocycles. The number of nitrogens with zero attached hydrogens (tertiary/aromatic N) is 2. The molecule has 0 radical (unpaired) electrons. The Morgan fingerprint density at radius 3 is 2.73 bits per heavy atom. The van der Waals surface area contributed by atoms with Gasteiger partial charge in [0.1, 0.15) is 18.2 Å². The zero-order valence-electron chi connectivity index (χ0n) is 12.0. The van der Waals surface area contributed by atoms with Crippen molar-refractivity contribution in [2.75, 3.05) is 6.61 Å². The van der Waals surface area contributed by atoms with E-state index in [1.54, 1.807) is 29.1 Å². The van der Waals surface area contributed by atoms with Gasteiger partial charge in [0.15, 0.2) is 0 Å². The lowest BCUT2D eigenvalue weighted by atomic mass is 10.2. The van der Waals surface area contributed by atoms with Gasteiger partial charge in [0.2, 0.25) is 0 Å². The molecule has 22 heavy (non-hydrogen) atoms. The predicted octanol–water partition coefficient (Wildman–Crippen LogP) is 3.54. The van der Waals surface area contributed by atoms with Crippen molar-refractivity contribution >= 4 is 22.5 Å². The van der Waals surface area contributed by atoms with Crippen molar-refractivity contribution in [2.45, 2.75) is 13.0 Å². The topological polar surface area (TPSA) is 53.1 Å². The molecule has 0 aliphatic rings. The Bertz CT molecular complexity index is 799. The van der Waals surface area contributed by atoms with Gasteiger partial charge < -0.3 is 10.5 Å². The maximum Gasteiger partial charge on any atom is 0.138 e. The second kappa shape index (κ2) is 5.94. The molecule has 1 atom stereocenters. The summed E-state index contributed by atoms with van der Waals surface area (Å²) < 4.78 is 20.3. The van der Waals surface area contributed by atoms with Gasteiger partial charge in [-0.15, -0.1) is 0 Å². The highest BCUT2D eigenvalue weighted by Crippen LogP contribution is 2.31. The van der Waals surface area contributed by atoms with Gasteiger partial charge in [-0.25, -0.2) is 9.07 Å². The first-order chi connectivity index (χ1) is 10.5. The number of hydrogen-bond donors (Lipinski definition) is 1. The Hall–Kier alpha value is -2.11. The lowest BCUT2D eigenvalue weighted by Gasteiger charge is -2.11. The van der Waals surface area contributed by atoms with Crippen LogP contribution in [0, 0.1) is 5.82 Å². The lowest BCUT2D eigenvalue weighted by molar-refractivity contribution is 0.297. The van der Waals surface area contributed by atoms with E-state index in [1.807, 2.05) is 13.0 Å². The minimum atomic E-state index is -0.287. The summed E-state index contributed by atoms with van der Waals surface area (Å²) in [6.45, 7) is 2.25. The second-order valence-corrected chi connectivity index (χ2v) is 5.57. The maximum absolute atomic E-state index is 13.0. The van der Waals surface area contributed by atoms with Crippen molar-refractivity contribution in [1.82, 2.24) is 9.78 Å². The van der Waals surface area contributed by atoms with E-state index in [1.165, 1.54) is 12.1 Å². The van der Waals surface area contributed by atoms with Crippen LogP contribution >= 0.6 is 11.6 Å². The first kappa shape index (κ1) is 14.8. The zero-order valence-corrected chi connectivity index (χ0v) is 12.7. The molecule has 6 heteroatoms. The fourth-order valence-corrected chi connectivity index (χ4v) is 2.36.